The molecule has 20 heavy (non-hydrogen) atoms. The van der Waals surface area contributed by atoms with Crippen molar-refractivity contribution in [2.75, 3.05) is 19.7 Å². The Labute approximate surface area is 118 Å². The van der Waals surface area contributed by atoms with Crippen LogP contribution in [0.5, 0.6) is 0 Å². The molecule has 0 aliphatic carbocycles. The minimum atomic E-state index is -1.24. The molecule has 116 valence electrons. The van der Waals surface area contributed by atoms with Crippen molar-refractivity contribution < 1.29 is 24.2 Å². The van der Waals surface area contributed by atoms with Crippen LogP contribution in [0.15, 0.2) is 12.8 Å². The molecule has 2 atom stereocenters. The van der Waals surface area contributed by atoms with Crippen molar-refractivity contribution in [3.05, 3.63) is 12.8 Å². The summed E-state index contributed by atoms with van der Waals surface area (Å²) in [5.74, 6) is -0.948. The van der Waals surface area contributed by atoms with E-state index in [1.165, 1.54) is 0 Å². The maximum Gasteiger partial charge on any atom is 0.306 e. The van der Waals surface area contributed by atoms with Crippen molar-refractivity contribution in [3.63, 3.8) is 0 Å². The van der Waals surface area contributed by atoms with Gasteiger partial charge in [-0.05, 0) is 25.9 Å². The number of esters is 1. The SMILES string of the molecule is C=COCC(O)C(OC(=O)CCCN)C(=O)CCCN. The van der Waals surface area contributed by atoms with Crippen molar-refractivity contribution >= 4 is 11.8 Å². The van der Waals surface area contributed by atoms with Gasteiger partial charge in [-0.25, -0.2) is 0 Å². The van der Waals surface area contributed by atoms with Gasteiger partial charge < -0.3 is 26.0 Å². The molecule has 0 bridgehead atoms. The maximum absolute atomic E-state index is 11.9. The van der Waals surface area contributed by atoms with Crippen LogP contribution < -0.4 is 11.5 Å². The fourth-order valence-corrected chi connectivity index (χ4v) is 1.48. The van der Waals surface area contributed by atoms with Crippen LogP contribution in [0.3, 0.4) is 0 Å². The van der Waals surface area contributed by atoms with Crippen molar-refractivity contribution in [1.29, 1.82) is 0 Å². The van der Waals surface area contributed by atoms with Crippen LogP contribution in [0.2, 0.25) is 0 Å². The number of carbonyl (C=O) groups excluding carboxylic acids is 2. The number of Topliss-reactive ketones (excluding diaryl/α,β-unsaturated/α-hetero) is 1. The molecule has 0 radical (unpaired) electrons. The fraction of sp³-hybridized carbons (Fsp3) is 0.692. The standard InChI is InChI=1S/C13H24N2O5/c1-2-19-9-11(17)13(10(16)5-3-7-14)20-12(18)6-4-8-15/h2,11,13,17H,1,3-9,14-15H2. The lowest BCUT2D eigenvalue weighted by molar-refractivity contribution is -0.163. The van der Waals surface area contributed by atoms with Crippen LogP contribution >= 0.6 is 0 Å². The number of nitrogens with two attached hydrogens (primary N) is 2. The number of ketones is 1. The zero-order chi connectivity index (χ0) is 15.4. The number of ether oxygens (including phenoxy) is 2. The van der Waals surface area contributed by atoms with Crippen LogP contribution in [0.4, 0.5) is 0 Å². The van der Waals surface area contributed by atoms with Crippen LogP contribution in [0.1, 0.15) is 25.7 Å². The first kappa shape index (κ1) is 18.6. The smallest absolute Gasteiger partial charge is 0.306 e. The van der Waals surface area contributed by atoms with Gasteiger partial charge in [0.2, 0.25) is 0 Å². The third-order valence-corrected chi connectivity index (χ3v) is 2.52. The summed E-state index contributed by atoms with van der Waals surface area (Å²) in [6, 6.07) is 0. The van der Waals surface area contributed by atoms with E-state index in [9.17, 15) is 14.7 Å². The van der Waals surface area contributed by atoms with E-state index in [-0.39, 0.29) is 25.2 Å². The average Bonchev–Trinajstić information content (AvgIpc) is 2.45. The number of rotatable bonds is 12. The second-order valence-electron chi connectivity index (χ2n) is 4.23. The number of hydrogen-bond donors (Lipinski definition) is 3. The quantitative estimate of drug-likeness (QED) is 0.325. The second kappa shape index (κ2) is 11.4. The Morgan fingerprint density at radius 1 is 1.20 bits per heavy atom. The van der Waals surface area contributed by atoms with E-state index in [2.05, 4.69) is 6.58 Å². The van der Waals surface area contributed by atoms with Gasteiger partial charge in [0.1, 0.15) is 12.7 Å². The third kappa shape index (κ3) is 7.88. The van der Waals surface area contributed by atoms with Gasteiger partial charge in [0.15, 0.2) is 11.9 Å². The summed E-state index contributed by atoms with van der Waals surface area (Å²) in [4.78, 5) is 23.5. The van der Waals surface area contributed by atoms with Gasteiger partial charge >= 0.3 is 5.97 Å². The Bertz CT molecular complexity index is 309. The molecule has 0 rings (SSSR count). The predicted molar refractivity (Wildman–Crippen MR) is 73.6 cm³/mol. The summed E-state index contributed by atoms with van der Waals surface area (Å²) in [7, 11) is 0. The molecular formula is C13H24N2O5. The van der Waals surface area contributed by atoms with Crippen molar-refractivity contribution in [1.82, 2.24) is 0 Å². The van der Waals surface area contributed by atoms with Crippen molar-refractivity contribution in [2.45, 2.75) is 37.9 Å². The summed E-state index contributed by atoms with van der Waals surface area (Å²) in [6.07, 6.45) is -0.178. The Hall–Kier alpha value is -1.44. The molecule has 0 aliphatic rings. The minimum Gasteiger partial charge on any atom is -0.499 e. The lowest BCUT2D eigenvalue weighted by Crippen LogP contribution is -2.41. The monoisotopic (exact) mass is 288 g/mol. The van der Waals surface area contributed by atoms with Gasteiger partial charge in [-0.15, -0.1) is 0 Å². The lowest BCUT2D eigenvalue weighted by Gasteiger charge is -2.21. The fourth-order valence-electron chi connectivity index (χ4n) is 1.48. The maximum atomic E-state index is 11.9. The van der Waals surface area contributed by atoms with Gasteiger partial charge in [0, 0.05) is 12.8 Å². The van der Waals surface area contributed by atoms with E-state index >= 15 is 0 Å². The Kier molecular flexibility index (Phi) is 10.6. The first-order chi connectivity index (χ1) is 9.56. The second-order valence-corrected chi connectivity index (χ2v) is 4.23. The predicted octanol–water partition coefficient (Wildman–Crippen LogP) is -0.534. The molecule has 7 nitrogen and oxygen atoms in total. The average molecular weight is 288 g/mol. The molecule has 5 N–H and O–H groups in total. The highest BCUT2D eigenvalue weighted by Gasteiger charge is 2.30. The molecule has 0 aromatic rings. The van der Waals surface area contributed by atoms with E-state index in [0.717, 1.165) is 6.26 Å². The summed E-state index contributed by atoms with van der Waals surface area (Å²) >= 11 is 0. The van der Waals surface area contributed by atoms with Gasteiger partial charge in [-0.3, -0.25) is 9.59 Å². The molecule has 0 saturated carbocycles. The van der Waals surface area contributed by atoms with Gasteiger partial charge in [-0.2, -0.15) is 0 Å². The zero-order valence-electron chi connectivity index (χ0n) is 11.6. The minimum absolute atomic E-state index is 0.103. The Balaban J connectivity index is 4.55. The highest BCUT2D eigenvalue weighted by molar-refractivity contribution is 5.86. The van der Waals surface area contributed by atoms with Crippen molar-refractivity contribution in [3.8, 4) is 0 Å². The van der Waals surface area contributed by atoms with Crippen LogP contribution in [-0.4, -0.2) is 48.8 Å². The van der Waals surface area contributed by atoms with Crippen LogP contribution in [-0.2, 0) is 19.1 Å². The number of hydrogen-bond acceptors (Lipinski definition) is 7. The normalized spacial score (nSPS) is 13.3. The van der Waals surface area contributed by atoms with Gasteiger partial charge in [0.05, 0.1) is 6.26 Å². The summed E-state index contributed by atoms with van der Waals surface area (Å²) in [5.41, 5.74) is 10.6. The van der Waals surface area contributed by atoms with E-state index in [4.69, 9.17) is 20.9 Å². The lowest BCUT2D eigenvalue weighted by atomic mass is 10.1. The van der Waals surface area contributed by atoms with Crippen LogP contribution in [0.25, 0.3) is 0 Å². The summed E-state index contributed by atoms with van der Waals surface area (Å²) in [5, 5.41) is 9.86. The van der Waals surface area contributed by atoms with E-state index in [1.807, 2.05) is 0 Å². The van der Waals surface area contributed by atoms with E-state index in [1.54, 1.807) is 0 Å². The summed E-state index contributed by atoms with van der Waals surface area (Å²) in [6.45, 7) is 3.85. The first-order valence-corrected chi connectivity index (χ1v) is 6.59. The van der Waals surface area contributed by atoms with Gasteiger partial charge in [-0.1, -0.05) is 6.58 Å². The molecular weight excluding hydrogens is 264 g/mol. The number of carbonyl (C=O) groups is 2. The molecule has 0 aromatic heterocycles. The molecule has 2 unspecified atom stereocenters. The molecule has 0 saturated heterocycles. The number of aliphatic hydroxyl groups excluding tert-OH is 1. The Morgan fingerprint density at radius 3 is 2.35 bits per heavy atom. The first-order valence-electron chi connectivity index (χ1n) is 6.59. The number of aliphatic hydroxyl groups is 1. The van der Waals surface area contributed by atoms with Crippen LogP contribution in [0, 0.1) is 0 Å². The Morgan fingerprint density at radius 2 is 1.80 bits per heavy atom. The highest BCUT2D eigenvalue weighted by atomic mass is 16.6. The zero-order valence-corrected chi connectivity index (χ0v) is 11.6. The van der Waals surface area contributed by atoms with Crippen molar-refractivity contribution in [2.24, 2.45) is 11.5 Å². The molecule has 0 fully saturated rings. The van der Waals surface area contributed by atoms with E-state index < -0.39 is 18.2 Å². The topological polar surface area (TPSA) is 125 Å². The van der Waals surface area contributed by atoms with E-state index in [0.29, 0.717) is 25.9 Å². The summed E-state index contributed by atoms with van der Waals surface area (Å²) < 4.78 is 9.84. The largest absolute Gasteiger partial charge is 0.499 e. The molecule has 0 aliphatic heterocycles. The molecule has 0 aromatic carbocycles. The molecule has 7 heteroatoms. The highest BCUT2D eigenvalue weighted by Crippen LogP contribution is 2.09. The molecule has 0 amide bonds. The molecule has 0 heterocycles. The third-order valence-electron chi connectivity index (χ3n) is 2.52. The van der Waals surface area contributed by atoms with Gasteiger partial charge in [0.25, 0.3) is 0 Å². The molecule has 0 spiro atoms.